The molecule has 0 amide bonds. The van der Waals surface area contributed by atoms with Gasteiger partial charge in [0.05, 0.1) is 12.2 Å². The minimum absolute atomic E-state index is 0.601. The lowest BCUT2D eigenvalue weighted by molar-refractivity contribution is 0.305. The largest absolute Gasteiger partial charge is 0.494 e. The van der Waals surface area contributed by atoms with E-state index in [-0.39, 0.29) is 0 Å². The predicted octanol–water partition coefficient (Wildman–Crippen LogP) is 6.99. The number of hydrogen-bond donors (Lipinski definition) is 0. The molecular formula is C26H25BrN4O. The topological polar surface area (TPSA) is 60.8 Å². The van der Waals surface area contributed by atoms with Crippen LogP contribution in [0.15, 0.2) is 77.8 Å². The first kappa shape index (κ1) is 22.1. The minimum Gasteiger partial charge on any atom is -0.494 e. The van der Waals surface area contributed by atoms with Crippen molar-refractivity contribution in [3.05, 3.63) is 77.8 Å². The highest BCUT2D eigenvalue weighted by Crippen LogP contribution is 2.23. The Hall–Kier alpha value is -3.12. The predicted molar refractivity (Wildman–Crippen MR) is 131 cm³/mol. The van der Waals surface area contributed by atoms with Gasteiger partial charge in [0.15, 0.2) is 11.6 Å². The van der Waals surface area contributed by atoms with Crippen LogP contribution in [-0.4, -0.2) is 26.5 Å². The highest BCUT2D eigenvalue weighted by molar-refractivity contribution is 9.10. The third-order valence-corrected chi connectivity index (χ3v) is 5.65. The van der Waals surface area contributed by atoms with Crippen molar-refractivity contribution in [3.63, 3.8) is 0 Å². The summed E-state index contributed by atoms with van der Waals surface area (Å²) in [6.45, 7) is 2.97. The standard InChI is InChI=1S/C26H25BrN4O/c1-2-3-4-5-14-32-24-12-8-20(9-13-24)25-30-17-22(18-31-25)26-28-15-21(16-29-26)19-6-10-23(27)11-7-19/h6-13,15-18H,2-5,14H2,1H3. The van der Waals surface area contributed by atoms with Gasteiger partial charge in [0.25, 0.3) is 0 Å². The molecule has 2 heterocycles. The van der Waals surface area contributed by atoms with Crippen LogP contribution in [0.2, 0.25) is 0 Å². The number of benzene rings is 2. The molecular weight excluding hydrogens is 464 g/mol. The van der Waals surface area contributed by atoms with Gasteiger partial charge in [0, 0.05) is 40.4 Å². The molecule has 162 valence electrons. The molecule has 0 N–H and O–H groups in total. The SMILES string of the molecule is CCCCCCOc1ccc(-c2ncc(-c3ncc(-c4ccc(Br)cc4)cn3)cn2)cc1. The van der Waals surface area contributed by atoms with Crippen LogP contribution in [0, 0.1) is 0 Å². The second kappa shape index (κ2) is 11.0. The first-order chi connectivity index (χ1) is 15.7. The number of aromatic nitrogens is 4. The Labute approximate surface area is 197 Å². The second-order valence-corrected chi connectivity index (χ2v) is 8.45. The minimum atomic E-state index is 0.601. The van der Waals surface area contributed by atoms with Crippen molar-refractivity contribution >= 4 is 15.9 Å². The highest BCUT2D eigenvalue weighted by atomic mass is 79.9. The van der Waals surface area contributed by atoms with E-state index in [9.17, 15) is 0 Å². The van der Waals surface area contributed by atoms with Gasteiger partial charge >= 0.3 is 0 Å². The quantitative estimate of drug-likeness (QED) is 0.237. The maximum absolute atomic E-state index is 5.81. The Bertz CT molecular complexity index is 1110. The summed E-state index contributed by atoms with van der Waals surface area (Å²) in [4.78, 5) is 18.0. The zero-order valence-electron chi connectivity index (χ0n) is 18.0. The first-order valence-corrected chi connectivity index (χ1v) is 11.7. The Morgan fingerprint density at radius 1 is 0.625 bits per heavy atom. The van der Waals surface area contributed by atoms with Crippen molar-refractivity contribution in [2.24, 2.45) is 0 Å². The fourth-order valence-corrected chi connectivity index (χ4v) is 3.54. The third-order valence-electron chi connectivity index (χ3n) is 5.12. The van der Waals surface area contributed by atoms with E-state index >= 15 is 0 Å². The van der Waals surface area contributed by atoms with Crippen LogP contribution in [0.4, 0.5) is 0 Å². The highest BCUT2D eigenvalue weighted by Gasteiger charge is 2.07. The van der Waals surface area contributed by atoms with Crippen molar-refractivity contribution in [2.75, 3.05) is 6.61 Å². The number of unbranched alkanes of at least 4 members (excludes halogenated alkanes) is 3. The van der Waals surface area contributed by atoms with Crippen molar-refractivity contribution in [2.45, 2.75) is 32.6 Å². The van der Waals surface area contributed by atoms with Crippen molar-refractivity contribution < 1.29 is 4.74 Å². The number of ether oxygens (including phenoxy) is 1. The van der Waals surface area contributed by atoms with E-state index in [1.807, 2.05) is 60.9 Å². The average Bonchev–Trinajstić information content (AvgIpc) is 2.85. The molecule has 0 spiro atoms. The lowest BCUT2D eigenvalue weighted by atomic mass is 10.1. The van der Waals surface area contributed by atoms with Crippen LogP contribution in [0.1, 0.15) is 32.6 Å². The fraction of sp³-hybridized carbons (Fsp3) is 0.231. The molecule has 0 radical (unpaired) electrons. The monoisotopic (exact) mass is 488 g/mol. The van der Waals surface area contributed by atoms with Gasteiger partial charge in [-0.05, 0) is 48.4 Å². The van der Waals surface area contributed by atoms with Gasteiger partial charge in [-0.15, -0.1) is 0 Å². The summed E-state index contributed by atoms with van der Waals surface area (Å²) in [6, 6.07) is 16.0. The first-order valence-electron chi connectivity index (χ1n) is 10.9. The van der Waals surface area contributed by atoms with Crippen LogP contribution in [0.5, 0.6) is 5.75 Å². The van der Waals surface area contributed by atoms with E-state index in [1.165, 1.54) is 19.3 Å². The van der Waals surface area contributed by atoms with Gasteiger partial charge in [0.1, 0.15) is 5.75 Å². The van der Waals surface area contributed by atoms with E-state index in [2.05, 4.69) is 42.8 Å². The molecule has 2 aromatic heterocycles. The Morgan fingerprint density at radius 3 is 1.81 bits per heavy atom. The molecule has 0 atom stereocenters. The normalized spacial score (nSPS) is 10.8. The third kappa shape index (κ3) is 5.77. The number of nitrogens with zero attached hydrogens (tertiary/aromatic N) is 4. The molecule has 32 heavy (non-hydrogen) atoms. The second-order valence-electron chi connectivity index (χ2n) is 7.53. The maximum atomic E-state index is 5.81. The van der Waals surface area contributed by atoms with Crippen LogP contribution < -0.4 is 4.74 Å². The molecule has 5 nitrogen and oxygen atoms in total. The summed E-state index contributed by atoms with van der Waals surface area (Å²) in [5, 5.41) is 0. The van der Waals surface area contributed by atoms with Gasteiger partial charge in [-0.1, -0.05) is 54.2 Å². The Morgan fingerprint density at radius 2 is 1.19 bits per heavy atom. The van der Waals surface area contributed by atoms with E-state index in [1.54, 1.807) is 12.4 Å². The molecule has 0 aliphatic heterocycles. The molecule has 4 aromatic rings. The summed E-state index contributed by atoms with van der Waals surface area (Å²) in [5.41, 5.74) is 3.76. The van der Waals surface area contributed by atoms with Crippen LogP contribution in [0.25, 0.3) is 33.9 Å². The molecule has 0 aliphatic rings. The zero-order valence-corrected chi connectivity index (χ0v) is 19.6. The average molecular weight is 489 g/mol. The van der Waals surface area contributed by atoms with E-state index < -0.39 is 0 Å². The Balaban J connectivity index is 1.39. The molecule has 4 rings (SSSR count). The lowest BCUT2D eigenvalue weighted by Crippen LogP contribution is -1.97. The summed E-state index contributed by atoms with van der Waals surface area (Å²) < 4.78 is 6.85. The number of halogens is 1. The number of rotatable bonds is 9. The summed E-state index contributed by atoms with van der Waals surface area (Å²) in [5.74, 6) is 2.14. The molecule has 0 fully saturated rings. The summed E-state index contributed by atoms with van der Waals surface area (Å²) in [6.07, 6.45) is 12.0. The molecule has 0 unspecified atom stereocenters. The molecule has 6 heteroatoms. The van der Waals surface area contributed by atoms with E-state index in [0.29, 0.717) is 11.6 Å². The summed E-state index contributed by atoms with van der Waals surface area (Å²) >= 11 is 3.45. The van der Waals surface area contributed by atoms with Crippen LogP contribution >= 0.6 is 15.9 Å². The van der Waals surface area contributed by atoms with Gasteiger partial charge < -0.3 is 4.74 Å². The Kier molecular flexibility index (Phi) is 7.56. The maximum Gasteiger partial charge on any atom is 0.162 e. The van der Waals surface area contributed by atoms with E-state index in [4.69, 9.17) is 4.74 Å². The zero-order chi connectivity index (χ0) is 22.2. The van der Waals surface area contributed by atoms with Gasteiger partial charge in [0.2, 0.25) is 0 Å². The van der Waals surface area contributed by atoms with Crippen LogP contribution in [0.3, 0.4) is 0 Å². The smallest absolute Gasteiger partial charge is 0.162 e. The molecule has 0 saturated carbocycles. The van der Waals surface area contributed by atoms with Gasteiger partial charge in [-0.2, -0.15) is 0 Å². The van der Waals surface area contributed by atoms with Crippen LogP contribution in [-0.2, 0) is 0 Å². The summed E-state index contributed by atoms with van der Waals surface area (Å²) in [7, 11) is 0. The molecule has 0 aliphatic carbocycles. The van der Waals surface area contributed by atoms with Crippen molar-refractivity contribution in [1.82, 2.24) is 19.9 Å². The molecule has 0 saturated heterocycles. The van der Waals surface area contributed by atoms with E-state index in [0.717, 1.165) is 45.5 Å². The number of hydrogen-bond acceptors (Lipinski definition) is 5. The van der Waals surface area contributed by atoms with Crippen molar-refractivity contribution in [1.29, 1.82) is 0 Å². The van der Waals surface area contributed by atoms with Gasteiger partial charge in [-0.25, -0.2) is 19.9 Å². The molecule has 2 aromatic carbocycles. The fourth-order valence-electron chi connectivity index (χ4n) is 3.28. The lowest BCUT2D eigenvalue weighted by Gasteiger charge is -2.07. The van der Waals surface area contributed by atoms with Gasteiger partial charge in [-0.3, -0.25) is 0 Å². The molecule has 0 bridgehead atoms. The van der Waals surface area contributed by atoms with Crippen molar-refractivity contribution in [3.8, 4) is 39.7 Å².